The van der Waals surface area contributed by atoms with Crippen LogP contribution in [0.3, 0.4) is 0 Å². The van der Waals surface area contributed by atoms with E-state index in [4.69, 9.17) is 10.8 Å². The molecule has 0 heterocycles. The van der Waals surface area contributed by atoms with Crippen molar-refractivity contribution >= 4 is 17.6 Å². The molecule has 0 radical (unpaired) electrons. The molecule has 0 unspecified atom stereocenters. The predicted octanol–water partition coefficient (Wildman–Crippen LogP) is 2.12. The molecule has 3 N–H and O–H groups in total. The Morgan fingerprint density at radius 1 is 1.40 bits per heavy atom. The van der Waals surface area contributed by atoms with Crippen molar-refractivity contribution in [2.24, 2.45) is 0 Å². The molecule has 0 aliphatic rings. The van der Waals surface area contributed by atoms with E-state index in [2.05, 4.69) is 0 Å². The normalized spacial score (nSPS) is 10.6. The zero-order valence-corrected chi connectivity index (χ0v) is 11.6. The number of hydrogen-bond acceptors (Lipinski definition) is 3. The number of nitrogen functional groups attached to an aromatic ring is 1. The molecule has 0 aliphatic heterocycles. The number of carboxylic acid groups (broad SMARTS) is 1. The number of nitrogens with two attached hydrogens (primary N) is 1. The first kappa shape index (κ1) is 15.9. The number of rotatable bonds is 6. The fourth-order valence-corrected chi connectivity index (χ4v) is 1.87. The molecule has 0 fully saturated rings. The van der Waals surface area contributed by atoms with Gasteiger partial charge in [-0.3, -0.25) is 9.59 Å². The number of nitrogens with zero attached hydrogens (tertiary/aromatic N) is 1. The van der Waals surface area contributed by atoms with Crippen LogP contribution in [0, 0.1) is 5.82 Å². The lowest BCUT2D eigenvalue weighted by Gasteiger charge is -2.27. The first-order chi connectivity index (χ1) is 9.34. The molecule has 0 bridgehead atoms. The third-order valence-electron chi connectivity index (χ3n) is 2.96. The number of benzene rings is 1. The van der Waals surface area contributed by atoms with E-state index < -0.39 is 11.8 Å². The van der Waals surface area contributed by atoms with Crippen LogP contribution in [0.2, 0.25) is 0 Å². The second-order valence-electron chi connectivity index (χ2n) is 4.79. The Labute approximate surface area is 117 Å². The number of carbonyl (C=O) groups excluding carboxylic acids is 1. The summed E-state index contributed by atoms with van der Waals surface area (Å²) in [6.45, 7) is 3.92. The SMILES string of the molecule is CC(C)N(CCCC(=O)O)C(=O)c1cccc(F)c1N. The van der Waals surface area contributed by atoms with E-state index in [1.807, 2.05) is 13.8 Å². The van der Waals surface area contributed by atoms with Crippen LogP contribution in [0.4, 0.5) is 10.1 Å². The Kier molecular flexibility index (Phi) is 5.49. The molecule has 0 saturated heterocycles. The van der Waals surface area contributed by atoms with Crippen LogP contribution < -0.4 is 5.73 Å². The third kappa shape index (κ3) is 3.94. The summed E-state index contributed by atoms with van der Waals surface area (Å²) >= 11 is 0. The minimum absolute atomic E-state index is 0.0187. The van der Waals surface area contributed by atoms with Gasteiger partial charge in [-0.05, 0) is 32.4 Å². The van der Waals surface area contributed by atoms with Gasteiger partial charge in [0.15, 0.2) is 0 Å². The standard InChI is InChI=1S/C14H19FN2O3/c1-9(2)17(8-4-7-12(18)19)14(20)10-5-3-6-11(15)13(10)16/h3,5-6,9H,4,7-8,16H2,1-2H3,(H,18,19). The molecule has 0 atom stereocenters. The van der Waals surface area contributed by atoms with Crippen LogP contribution in [0.25, 0.3) is 0 Å². The van der Waals surface area contributed by atoms with Gasteiger partial charge in [-0.15, -0.1) is 0 Å². The van der Waals surface area contributed by atoms with Crippen LogP contribution in [0.15, 0.2) is 18.2 Å². The van der Waals surface area contributed by atoms with E-state index in [0.717, 1.165) is 0 Å². The monoisotopic (exact) mass is 282 g/mol. The first-order valence-electron chi connectivity index (χ1n) is 6.41. The van der Waals surface area contributed by atoms with Gasteiger partial charge < -0.3 is 15.7 Å². The predicted molar refractivity (Wildman–Crippen MR) is 73.9 cm³/mol. The summed E-state index contributed by atoms with van der Waals surface area (Å²) in [5, 5.41) is 8.63. The molecule has 5 nitrogen and oxygen atoms in total. The maximum Gasteiger partial charge on any atom is 0.303 e. The summed E-state index contributed by atoms with van der Waals surface area (Å²) < 4.78 is 13.4. The third-order valence-corrected chi connectivity index (χ3v) is 2.96. The van der Waals surface area contributed by atoms with Crippen LogP contribution in [0.1, 0.15) is 37.0 Å². The summed E-state index contributed by atoms with van der Waals surface area (Å²) in [7, 11) is 0. The lowest BCUT2D eigenvalue weighted by Crippen LogP contribution is -2.38. The number of carbonyl (C=O) groups is 2. The summed E-state index contributed by atoms with van der Waals surface area (Å²) in [5.41, 5.74) is 5.51. The van der Waals surface area contributed by atoms with Gasteiger partial charge in [-0.1, -0.05) is 6.07 Å². The smallest absolute Gasteiger partial charge is 0.303 e. The highest BCUT2D eigenvalue weighted by Crippen LogP contribution is 2.19. The molecular weight excluding hydrogens is 263 g/mol. The van der Waals surface area contributed by atoms with E-state index in [1.54, 1.807) is 0 Å². The van der Waals surface area contributed by atoms with Gasteiger partial charge >= 0.3 is 5.97 Å². The summed E-state index contributed by atoms with van der Waals surface area (Å²) in [5.74, 6) is -1.93. The van der Waals surface area contributed by atoms with Gasteiger partial charge in [0.05, 0.1) is 11.3 Å². The largest absolute Gasteiger partial charge is 0.481 e. The Morgan fingerprint density at radius 3 is 2.60 bits per heavy atom. The molecule has 1 aromatic carbocycles. The lowest BCUT2D eigenvalue weighted by molar-refractivity contribution is -0.137. The zero-order valence-electron chi connectivity index (χ0n) is 11.6. The quantitative estimate of drug-likeness (QED) is 0.783. The summed E-state index contributed by atoms with van der Waals surface area (Å²) in [6, 6.07) is 3.96. The van der Waals surface area contributed by atoms with Crippen molar-refractivity contribution in [3.05, 3.63) is 29.6 Å². The van der Waals surface area contributed by atoms with Crippen molar-refractivity contribution in [3.63, 3.8) is 0 Å². The van der Waals surface area contributed by atoms with Gasteiger partial charge in [0.2, 0.25) is 0 Å². The van der Waals surface area contributed by atoms with E-state index in [1.165, 1.54) is 23.1 Å². The summed E-state index contributed by atoms with van der Waals surface area (Å²) in [6.07, 6.45) is 0.323. The topological polar surface area (TPSA) is 83.6 Å². The van der Waals surface area contributed by atoms with Crippen LogP contribution in [-0.4, -0.2) is 34.5 Å². The number of carboxylic acids is 1. The number of aliphatic carboxylic acids is 1. The molecule has 110 valence electrons. The van der Waals surface area contributed by atoms with Gasteiger partial charge in [-0.25, -0.2) is 4.39 Å². The second-order valence-corrected chi connectivity index (χ2v) is 4.79. The highest BCUT2D eigenvalue weighted by molar-refractivity contribution is 5.99. The van der Waals surface area contributed by atoms with Crippen molar-refractivity contribution < 1.29 is 19.1 Å². The van der Waals surface area contributed by atoms with Gasteiger partial charge in [0, 0.05) is 19.0 Å². The number of anilines is 1. The molecule has 0 aliphatic carbocycles. The van der Waals surface area contributed by atoms with E-state index in [-0.39, 0.29) is 29.6 Å². The van der Waals surface area contributed by atoms with Crippen LogP contribution >= 0.6 is 0 Å². The second kappa shape index (κ2) is 6.88. The highest BCUT2D eigenvalue weighted by Gasteiger charge is 2.21. The Hall–Kier alpha value is -2.11. The fourth-order valence-electron chi connectivity index (χ4n) is 1.87. The Bertz CT molecular complexity index is 503. The van der Waals surface area contributed by atoms with Crippen molar-refractivity contribution in [1.82, 2.24) is 4.90 Å². The number of hydrogen-bond donors (Lipinski definition) is 2. The summed E-state index contributed by atoms with van der Waals surface area (Å²) in [4.78, 5) is 24.4. The Balaban J connectivity index is 2.88. The zero-order chi connectivity index (χ0) is 15.3. The van der Waals surface area contributed by atoms with Crippen molar-refractivity contribution in [1.29, 1.82) is 0 Å². The molecule has 1 rings (SSSR count). The molecular formula is C14H19FN2O3. The molecule has 0 spiro atoms. The maximum absolute atomic E-state index is 13.4. The van der Waals surface area contributed by atoms with Gasteiger partial charge in [0.1, 0.15) is 5.82 Å². The average Bonchev–Trinajstić information content (AvgIpc) is 2.36. The van der Waals surface area contributed by atoms with Crippen molar-refractivity contribution in [2.75, 3.05) is 12.3 Å². The molecule has 6 heteroatoms. The molecule has 0 aromatic heterocycles. The molecule has 1 amide bonds. The lowest BCUT2D eigenvalue weighted by atomic mass is 10.1. The van der Waals surface area contributed by atoms with Crippen LogP contribution in [0.5, 0.6) is 0 Å². The number of para-hydroxylation sites is 1. The first-order valence-corrected chi connectivity index (χ1v) is 6.41. The minimum Gasteiger partial charge on any atom is -0.481 e. The van der Waals surface area contributed by atoms with E-state index >= 15 is 0 Å². The van der Waals surface area contributed by atoms with Gasteiger partial charge in [-0.2, -0.15) is 0 Å². The van der Waals surface area contributed by atoms with E-state index in [9.17, 15) is 14.0 Å². The molecule has 1 aromatic rings. The highest BCUT2D eigenvalue weighted by atomic mass is 19.1. The van der Waals surface area contributed by atoms with E-state index in [0.29, 0.717) is 13.0 Å². The average molecular weight is 282 g/mol. The Morgan fingerprint density at radius 2 is 2.05 bits per heavy atom. The fraction of sp³-hybridized carbons (Fsp3) is 0.429. The molecule has 0 saturated carbocycles. The van der Waals surface area contributed by atoms with Crippen LogP contribution in [-0.2, 0) is 4.79 Å². The number of amides is 1. The maximum atomic E-state index is 13.4. The van der Waals surface area contributed by atoms with Crippen molar-refractivity contribution in [2.45, 2.75) is 32.7 Å². The van der Waals surface area contributed by atoms with Crippen molar-refractivity contribution in [3.8, 4) is 0 Å². The van der Waals surface area contributed by atoms with Gasteiger partial charge in [0.25, 0.3) is 5.91 Å². The molecule has 20 heavy (non-hydrogen) atoms. The minimum atomic E-state index is -0.911. The number of halogens is 1.